The van der Waals surface area contributed by atoms with Crippen molar-refractivity contribution in [3.63, 3.8) is 0 Å². The summed E-state index contributed by atoms with van der Waals surface area (Å²) in [6, 6.07) is 3.51. The van der Waals surface area contributed by atoms with E-state index in [4.69, 9.17) is 5.11 Å². The molecule has 0 aliphatic carbocycles. The third kappa shape index (κ3) is 1.45. The first-order chi connectivity index (χ1) is 4.84. The molecule has 0 fully saturated rings. The standard InChI is InChI=1S/C7H6O2S/c8-4-3-6(9)7-2-1-5-10-7/h1-5,8H/b4-3-. The van der Waals surface area contributed by atoms with Crippen molar-refractivity contribution >= 4 is 17.1 Å². The zero-order valence-corrected chi connectivity index (χ0v) is 5.97. The van der Waals surface area contributed by atoms with Crippen LogP contribution in [-0.4, -0.2) is 10.9 Å². The molecule has 52 valence electrons. The van der Waals surface area contributed by atoms with E-state index in [1.54, 1.807) is 12.1 Å². The Morgan fingerprint density at radius 2 is 2.50 bits per heavy atom. The summed E-state index contributed by atoms with van der Waals surface area (Å²) in [5, 5.41) is 10.1. The largest absolute Gasteiger partial charge is 0.515 e. The molecule has 0 amide bonds. The maximum atomic E-state index is 10.9. The van der Waals surface area contributed by atoms with Crippen molar-refractivity contribution in [2.75, 3.05) is 0 Å². The lowest BCUT2D eigenvalue weighted by Crippen LogP contribution is -1.87. The fourth-order valence-electron chi connectivity index (χ4n) is 0.569. The zero-order chi connectivity index (χ0) is 7.40. The molecule has 1 aromatic heterocycles. The Morgan fingerprint density at radius 3 is 3.00 bits per heavy atom. The highest BCUT2D eigenvalue weighted by Crippen LogP contribution is 2.09. The van der Waals surface area contributed by atoms with Crippen LogP contribution in [0.5, 0.6) is 0 Å². The number of thiophene rings is 1. The second-order valence-electron chi connectivity index (χ2n) is 1.66. The van der Waals surface area contributed by atoms with Gasteiger partial charge in [0.2, 0.25) is 0 Å². The molecule has 1 rings (SSSR count). The minimum atomic E-state index is -0.155. The Balaban J connectivity index is 2.78. The molecule has 3 heteroatoms. The number of hydrogen-bond acceptors (Lipinski definition) is 3. The first-order valence-electron chi connectivity index (χ1n) is 2.73. The molecule has 0 aromatic carbocycles. The molecule has 0 saturated carbocycles. The molecular formula is C7H6O2S. The van der Waals surface area contributed by atoms with Crippen LogP contribution in [0.1, 0.15) is 9.67 Å². The molecule has 1 aromatic rings. The van der Waals surface area contributed by atoms with Gasteiger partial charge in [-0.15, -0.1) is 11.3 Å². The lowest BCUT2D eigenvalue weighted by molar-refractivity contribution is 0.104. The van der Waals surface area contributed by atoms with Crippen molar-refractivity contribution in [2.45, 2.75) is 0 Å². The first kappa shape index (κ1) is 7.02. The molecular weight excluding hydrogens is 148 g/mol. The average molecular weight is 154 g/mol. The molecule has 0 saturated heterocycles. The van der Waals surface area contributed by atoms with Crippen molar-refractivity contribution in [2.24, 2.45) is 0 Å². The van der Waals surface area contributed by atoms with Crippen LogP contribution < -0.4 is 0 Å². The normalized spacial score (nSPS) is 10.4. The monoisotopic (exact) mass is 154 g/mol. The van der Waals surface area contributed by atoms with Gasteiger partial charge in [0.05, 0.1) is 11.1 Å². The predicted octanol–water partition coefficient (Wildman–Crippen LogP) is 2.00. The van der Waals surface area contributed by atoms with Crippen LogP contribution in [0.2, 0.25) is 0 Å². The van der Waals surface area contributed by atoms with Gasteiger partial charge in [0.15, 0.2) is 5.78 Å². The van der Waals surface area contributed by atoms with Gasteiger partial charge in [0, 0.05) is 6.08 Å². The number of aliphatic hydroxyl groups excluding tert-OH is 1. The van der Waals surface area contributed by atoms with Gasteiger partial charge < -0.3 is 5.11 Å². The average Bonchev–Trinajstić information content (AvgIpc) is 2.38. The van der Waals surface area contributed by atoms with Gasteiger partial charge in [-0.05, 0) is 11.4 Å². The van der Waals surface area contributed by atoms with E-state index >= 15 is 0 Å². The molecule has 1 N–H and O–H groups in total. The third-order valence-electron chi connectivity index (χ3n) is 0.990. The molecule has 0 aliphatic rings. The van der Waals surface area contributed by atoms with Crippen molar-refractivity contribution < 1.29 is 9.90 Å². The summed E-state index contributed by atoms with van der Waals surface area (Å²) in [4.78, 5) is 11.5. The van der Waals surface area contributed by atoms with Gasteiger partial charge in [-0.1, -0.05) is 6.07 Å². The van der Waals surface area contributed by atoms with E-state index in [9.17, 15) is 4.79 Å². The van der Waals surface area contributed by atoms with Gasteiger partial charge in [-0.3, -0.25) is 4.79 Å². The van der Waals surface area contributed by atoms with E-state index in [1.807, 2.05) is 5.38 Å². The fraction of sp³-hybridized carbons (Fsp3) is 0. The number of aliphatic hydroxyl groups is 1. The number of carbonyl (C=O) groups excluding carboxylic acids is 1. The third-order valence-corrected chi connectivity index (χ3v) is 1.87. The minimum Gasteiger partial charge on any atom is -0.515 e. The lowest BCUT2D eigenvalue weighted by atomic mass is 10.3. The van der Waals surface area contributed by atoms with E-state index < -0.39 is 0 Å². The van der Waals surface area contributed by atoms with E-state index in [0.29, 0.717) is 4.88 Å². The number of rotatable bonds is 2. The molecule has 1 heterocycles. The van der Waals surface area contributed by atoms with Gasteiger partial charge in [-0.2, -0.15) is 0 Å². The summed E-state index contributed by atoms with van der Waals surface area (Å²) in [6.45, 7) is 0. The molecule has 2 nitrogen and oxygen atoms in total. The number of carbonyl (C=O) groups is 1. The summed E-state index contributed by atoms with van der Waals surface area (Å²) in [5.41, 5.74) is 0. The van der Waals surface area contributed by atoms with Crippen LogP contribution in [0.15, 0.2) is 29.9 Å². The summed E-state index contributed by atoms with van der Waals surface area (Å²) in [7, 11) is 0. The SMILES string of the molecule is O=C(/C=C\O)c1cccs1. The van der Waals surface area contributed by atoms with Crippen molar-refractivity contribution in [1.82, 2.24) is 0 Å². The summed E-state index contributed by atoms with van der Waals surface area (Å²) in [6.07, 6.45) is 1.88. The van der Waals surface area contributed by atoms with Gasteiger partial charge in [0.1, 0.15) is 0 Å². The Labute approximate surface area is 62.4 Å². The predicted molar refractivity (Wildman–Crippen MR) is 40.4 cm³/mol. The second kappa shape index (κ2) is 3.17. The van der Waals surface area contributed by atoms with Gasteiger partial charge in [0.25, 0.3) is 0 Å². The van der Waals surface area contributed by atoms with Gasteiger partial charge in [-0.25, -0.2) is 0 Å². The summed E-state index contributed by atoms with van der Waals surface area (Å²) in [5.74, 6) is -0.155. The molecule has 0 unspecified atom stereocenters. The Bertz CT molecular complexity index is 236. The van der Waals surface area contributed by atoms with E-state index in [0.717, 1.165) is 12.3 Å². The van der Waals surface area contributed by atoms with Crippen LogP contribution in [-0.2, 0) is 0 Å². The number of ketones is 1. The molecule has 0 spiro atoms. The maximum absolute atomic E-state index is 10.9. The van der Waals surface area contributed by atoms with Crippen LogP contribution >= 0.6 is 11.3 Å². The summed E-state index contributed by atoms with van der Waals surface area (Å²) >= 11 is 1.36. The fourth-order valence-corrected chi connectivity index (χ4v) is 1.21. The van der Waals surface area contributed by atoms with Crippen LogP contribution in [0, 0.1) is 0 Å². The van der Waals surface area contributed by atoms with Crippen LogP contribution in [0.4, 0.5) is 0 Å². The first-order valence-corrected chi connectivity index (χ1v) is 3.61. The highest BCUT2D eigenvalue weighted by molar-refractivity contribution is 7.12. The van der Waals surface area contributed by atoms with Gasteiger partial charge >= 0.3 is 0 Å². The second-order valence-corrected chi connectivity index (χ2v) is 2.60. The van der Waals surface area contributed by atoms with Crippen molar-refractivity contribution in [3.8, 4) is 0 Å². The smallest absolute Gasteiger partial charge is 0.198 e. The molecule has 0 bridgehead atoms. The Hall–Kier alpha value is -1.09. The summed E-state index contributed by atoms with van der Waals surface area (Å²) < 4.78 is 0. The number of hydrogen-bond donors (Lipinski definition) is 1. The molecule has 0 atom stereocenters. The number of allylic oxidation sites excluding steroid dienone is 1. The Morgan fingerprint density at radius 1 is 1.70 bits per heavy atom. The van der Waals surface area contributed by atoms with Crippen molar-refractivity contribution in [1.29, 1.82) is 0 Å². The van der Waals surface area contributed by atoms with E-state index in [-0.39, 0.29) is 5.78 Å². The quantitative estimate of drug-likeness (QED) is 0.402. The van der Waals surface area contributed by atoms with Crippen LogP contribution in [0.3, 0.4) is 0 Å². The van der Waals surface area contributed by atoms with E-state index in [1.165, 1.54) is 11.3 Å². The van der Waals surface area contributed by atoms with Crippen LogP contribution in [0.25, 0.3) is 0 Å². The van der Waals surface area contributed by atoms with Crippen molar-refractivity contribution in [3.05, 3.63) is 34.7 Å². The minimum absolute atomic E-state index is 0.155. The molecule has 10 heavy (non-hydrogen) atoms. The highest BCUT2D eigenvalue weighted by atomic mass is 32.1. The zero-order valence-electron chi connectivity index (χ0n) is 5.15. The maximum Gasteiger partial charge on any atom is 0.198 e. The lowest BCUT2D eigenvalue weighted by Gasteiger charge is -1.83. The van der Waals surface area contributed by atoms with E-state index in [2.05, 4.69) is 0 Å². The topological polar surface area (TPSA) is 37.3 Å². The molecule has 0 radical (unpaired) electrons. The highest BCUT2D eigenvalue weighted by Gasteiger charge is 1.99. The molecule has 0 aliphatic heterocycles. The Kier molecular flexibility index (Phi) is 2.23.